The van der Waals surface area contributed by atoms with Gasteiger partial charge < -0.3 is 10.1 Å². The highest BCUT2D eigenvalue weighted by Gasteiger charge is 2.09. The zero-order valence-electron chi connectivity index (χ0n) is 11.5. The molecule has 0 aliphatic heterocycles. The molecule has 0 amide bonds. The molecule has 104 valence electrons. The van der Waals surface area contributed by atoms with Crippen LogP contribution in [0.3, 0.4) is 0 Å². The molecule has 0 aliphatic carbocycles. The second-order valence-electron chi connectivity index (χ2n) is 4.50. The molecule has 2 aromatic carbocycles. The Kier molecular flexibility index (Phi) is 5.24. The van der Waals surface area contributed by atoms with Gasteiger partial charge in [0.2, 0.25) is 0 Å². The topological polar surface area (TPSA) is 21.3 Å². The van der Waals surface area contributed by atoms with Gasteiger partial charge in [0.25, 0.3) is 0 Å². The molecule has 0 aliphatic rings. The molecule has 0 radical (unpaired) electrons. The van der Waals surface area contributed by atoms with Gasteiger partial charge in [0.15, 0.2) is 0 Å². The zero-order valence-corrected chi connectivity index (χ0v) is 13.1. The Hall–Kier alpha value is -1.74. The maximum Gasteiger partial charge on any atom is 0.119 e. The van der Waals surface area contributed by atoms with E-state index in [4.69, 9.17) is 4.74 Å². The number of ether oxygens (including phenoxy) is 1. The number of anilines is 1. The highest BCUT2D eigenvalue weighted by atomic mass is 79.9. The van der Waals surface area contributed by atoms with Crippen molar-refractivity contribution >= 4 is 21.6 Å². The number of benzene rings is 2. The first-order chi connectivity index (χ1) is 9.72. The Labute approximate surface area is 128 Å². The predicted molar refractivity (Wildman–Crippen MR) is 88.3 cm³/mol. The van der Waals surface area contributed by atoms with Crippen LogP contribution in [-0.4, -0.2) is 7.11 Å². The zero-order chi connectivity index (χ0) is 14.4. The van der Waals surface area contributed by atoms with Crippen LogP contribution in [0.15, 0.2) is 65.7 Å². The van der Waals surface area contributed by atoms with Crippen molar-refractivity contribution in [2.45, 2.75) is 12.5 Å². The SMILES string of the molecule is C=CCC(Nc1ccc(OC)cc1)c1ccc(Br)cc1. The summed E-state index contributed by atoms with van der Waals surface area (Å²) in [5.41, 5.74) is 2.31. The van der Waals surface area contributed by atoms with Gasteiger partial charge in [-0.3, -0.25) is 0 Å². The van der Waals surface area contributed by atoms with Crippen molar-refractivity contribution in [3.8, 4) is 5.75 Å². The van der Waals surface area contributed by atoms with Crippen LogP contribution >= 0.6 is 15.9 Å². The Bertz CT molecular complexity index is 548. The summed E-state index contributed by atoms with van der Waals surface area (Å²) >= 11 is 3.46. The quantitative estimate of drug-likeness (QED) is 0.735. The highest BCUT2D eigenvalue weighted by molar-refractivity contribution is 9.10. The van der Waals surface area contributed by atoms with Gasteiger partial charge in [-0.05, 0) is 48.4 Å². The lowest BCUT2D eigenvalue weighted by Crippen LogP contribution is -2.09. The summed E-state index contributed by atoms with van der Waals surface area (Å²) in [6.45, 7) is 3.84. The van der Waals surface area contributed by atoms with Gasteiger partial charge in [-0.1, -0.05) is 34.1 Å². The molecule has 1 atom stereocenters. The summed E-state index contributed by atoms with van der Waals surface area (Å²) in [5.74, 6) is 0.861. The Balaban J connectivity index is 2.15. The van der Waals surface area contributed by atoms with Crippen LogP contribution in [0.25, 0.3) is 0 Å². The molecule has 1 unspecified atom stereocenters. The molecule has 0 heterocycles. The fourth-order valence-electron chi connectivity index (χ4n) is 2.03. The molecule has 3 heteroatoms. The summed E-state index contributed by atoms with van der Waals surface area (Å²) < 4.78 is 6.26. The third kappa shape index (κ3) is 3.87. The molecule has 2 nitrogen and oxygen atoms in total. The summed E-state index contributed by atoms with van der Waals surface area (Å²) in [6.07, 6.45) is 2.80. The maximum absolute atomic E-state index is 5.17. The minimum Gasteiger partial charge on any atom is -0.497 e. The van der Waals surface area contributed by atoms with Crippen LogP contribution in [0.5, 0.6) is 5.75 Å². The fourth-order valence-corrected chi connectivity index (χ4v) is 2.29. The molecule has 0 aromatic heterocycles. The first kappa shape index (κ1) is 14.7. The molecule has 0 fully saturated rings. The van der Waals surface area contributed by atoms with Crippen LogP contribution in [0.4, 0.5) is 5.69 Å². The highest BCUT2D eigenvalue weighted by Crippen LogP contribution is 2.25. The van der Waals surface area contributed by atoms with Crippen LogP contribution in [0, 0.1) is 0 Å². The van der Waals surface area contributed by atoms with E-state index in [2.05, 4.69) is 52.1 Å². The maximum atomic E-state index is 5.17. The molecule has 0 bridgehead atoms. The summed E-state index contributed by atoms with van der Waals surface area (Å²) in [7, 11) is 1.67. The lowest BCUT2D eigenvalue weighted by atomic mass is 10.0. The Morgan fingerprint density at radius 1 is 1.15 bits per heavy atom. The van der Waals surface area contributed by atoms with Crippen LogP contribution in [0.1, 0.15) is 18.0 Å². The van der Waals surface area contributed by atoms with Crippen LogP contribution in [-0.2, 0) is 0 Å². The van der Waals surface area contributed by atoms with E-state index in [1.807, 2.05) is 30.3 Å². The average molecular weight is 332 g/mol. The van der Waals surface area contributed by atoms with Crippen molar-refractivity contribution in [2.24, 2.45) is 0 Å². The molecule has 0 saturated heterocycles. The minimum atomic E-state index is 0.217. The van der Waals surface area contributed by atoms with Gasteiger partial charge in [0, 0.05) is 10.2 Å². The van der Waals surface area contributed by atoms with E-state index < -0.39 is 0 Å². The van der Waals surface area contributed by atoms with Gasteiger partial charge in [0.1, 0.15) is 5.75 Å². The van der Waals surface area contributed by atoms with Gasteiger partial charge in [-0.2, -0.15) is 0 Å². The van der Waals surface area contributed by atoms with Gasteiger partial charge in [-0.15, -0.1) is 6.58 Å². The van der Waals surface area contributed by atoms with Crippen molar-refractivity contribution in [2.75, 3.05) is 12.4 Å². The lowest BCUT2D eigenvalue weighted by molar-refractivity contribution is 0.415. The third-order valence-electron chi connectivity index (χ3n) is 3.11. The minimum absolute atomic E-state index is 0.217. The van der Waals surface area contributed by atoms with E-state index in [0.717, 1.165) is 22.3 Å². The Morgan fingerprint density at radius 3 is 2.35 bits per heavy atom. The molecular formula is C17H18BrNO. The first-order valence-electron chi connectivity index (χ1n) is 6.50. The van der Waals surface area contributed by atoms with Crippen molar-refractivity contribution < 1.29 is 4.74 Å². The van der Waals surface area contributed by atoms with E-state index in [9.17, 15) is 0 Å². The number of methoxy groups -OCH3 is 1. The third-order valence-corrected chi connectivity index (χ3v) is 3.63. The summed E-state index contributed by atoms with van der Waals surface area (Å²) in [5, 5.41) is 3.52. The average Bonchev–Trinajstić information content (AvgIpc) is 2.48. The molecule has 20 heavy (non-hydrogen) atoms. The molecular weight excluding hydrogens is 314 g/mol. The normalized spacial score (nSPS) is 11.7. The van der Waals surface area contributed by atoms with Crippen molar-refractivity contribution in [3.63, 3.8) is 0 Å². The standard InChI is InChI=1S/C17H18BrNO/c1-3-4-17(13-5-7-14(18)8-6-13)19-15-9-11-16(20-2)12-10-15/h3,5-12,17,19H,1,4H2,2H3. The van der Waals surface area contributed by atoms with Crippen molar-refractivity contribution in [3.05, 3.63) is 71.2 Å². The first-order valence-corrected chi connectivity index (χ1v) is 7.29. The van der Waals surface area contributed by atoms with Gasteiger partial charge >= 0.3 is 0 Å². The van der Waals surface area contributed by atoms with Crippen molar-refractivity contribution in [1.29, 1.82) is 0 Å². The number of halogens is 1. The van der Waals surface area contributed by atoms with E-state index in [1.165, 1.54) is 5.56 Å². The lowest BCUT2D eigenvalue weighted by Gasteiger charge is -2.19. The summed E-state index contributed by atoms with van der Waals surface area (Å²) in [6, 6.07) is 16.5. The summed E-state index contributed by atoms with van der Waals surface area (Å²) in [4.78, 5) is 0. The van der Waals surface area contributed by atoms with Crippen LogP contribution in [0.2, 0.25) is 0 Å². The smallest absolute Gasteiger partial charge is 0.119 e. The van der Waals surface area contributed by atoms with Crippen molar-refractivity contribution in [1.82, 2.24) is 0 Å². The second kappa shape index (κ2) is 7.15. The molecule has 2 aromatic rings. The van der Waals surface area contributed by atoms with E-state index >= 15 is 0 Å². The van der Waals surface area contributed by atoms with Crippen LogP contribution < -0.4 is 10.1 Å². The molecule has 1 N–H and O–H groups in total. The number of hydrogen-bond donors (Lipinski definition) is 1. The fraction of sp³-hybridized carbons (Fsp3) is 0.176. The number of nitrogens with one attached hydrogen (secondary N) is 1. The Morgan fingerprint density at radius 2 is 1.80 bits per heavy atom. The van der Waals surface area contributed by atoms with E-state index in [-0.39, 0.29) is 6.04 Å². The van der Waals surface area contributed by atoms with Gasteiger partial charge in [0.05, 0.1) is 13.2 Å². The van der Waals surface area contributed by atoms with Gasteiger partial charge in [-0.25, -0.2) is 0 Å². The molecule has 0 spiro atoms. The second-order valence-corrected chi connectivity index (χ2v) is 5.42. The monoisotopic (exact) mass is 331 g/mol. The molecule has 0 saturated carbocycles. The predicted octanol–water partition coefficient (Wildman–Crippen LogP) is 5.19. The number of hydrogen-bond acceptors (Lipinski definition) is 2. The molecule has 2 rings (SSSR count). The van der Waals surface area contributed by atoms with E-state index in [0.29, 0.717) is 0 Å². The van der Waals surface area contributed by atoms with E-state index in [1.54, 1.807) is 7.11 Å². The number of rotatable bonds is 6. The largest absolute Gasteiger partial charge is 0.497 e.